The Balaban J connectivity index is 2.42. The molecule has 118 valence electrons. The number of ether oxygens (including phenoxy) is 1. The van der Waals surface area contributed by atoms with E-state index in [0.29, 0.717) is 5.02 Å². The molecule has 1 heterocycles. The molecule has 0 amide bonds. The fraction of sp³-hybridized carbons (Fsp3) is 0.647. The van der Waals surface area contributed by atoms with E-state index in [9.17, 15) is 0 Å². The molecule has 0 radical (unpaired) electrons. The number of benzene rings is 1. The van der Waals surface area contributed by atoms with Crippen LogP contribution >= 0.6 is 11.6 Å². The number of rotatable bonds is 6. The van der Waals surface area contributed by atoms with E-state index in [4.69, 9.17) is 22.1 Å². The molecule has 0 saturated carbocycles. The van der Waals surface area contributed by atoms with Gasteiger partial charge in [-0.25, -0.2) is 0 Å². The monoisotopic (exact) mass is 310 g/mol. The summed E-state index contributed by atoms with van der Waals surface area (Å²) in [6, 6.07) is 5.63. The first kappa shape index (κ1) is 16.6. The summed E-state index contributed by atoms with van der Waals surface area (Å²) in [7, 11) is 1.69. The van der Waals surface area contributed by atoms with E-state index in [-0.39, 0.29) is 11.6 Å². The molecule has 1 saturated heterocycles. The SMILES string of the molecule is CCC(CC)(C(N)c1cc(Cl)ccc1OC)N1CCCC1. The quantitative estimate of drug-likeness (QED) is 0.863. The number of halogens is 1. The highest BCUT2D eigenvalue weighted by Crippen LogP contribution is 2.41. The lowest BCUT2D eigenvalue weighted by Gasteiger charge is -2.45. The summed E-state index contributed by atoms with van der Waals surface area (Å²) in [6.07, 6.45) is 4.59. The first-order valence-corrected chi connectivity index (χ1v) is 8.31. The Morgan fingerprint density at radius 3 is 2.43 bits per heavy atom. The van der Waals surface area contributed by atoms with Crippen LogP contribution < -0.4 is 10.5 Å². The summed E-state index contributed by atoms with van der Waals surface area (Å²) >= 11 is 6.19. The average Bonchev–Trinajstić information content (AvgIpc) is 3.03. The molecular formula is C17H27ClN2O. The highest BCUT2D eigenvalue weighted by atomic mass is 35.5. The molecule has 21 heavy (non-hydrogen) atoms. The van der Waals surface area contributed by atoms with E-state index in [0.717, 1.165) is 37.2 Å². The predicted octanol–water partition coefficient (Wildman–Crippen LogP) is 4.00. The summed E-state index contributed by atoms with van der Waals surface area (Å²) < 4.78 is 5.51. The first-order valence-electron chi connectivity index (χ1n) is 7.93. The lowest BCUT2D eigenvalue weighted by atomic mass is 9.79. The molecule has 4 heteroatoms. The summed E-state index contributed by atoms with van der Waals surface area (Å²) in [5.74, 6) is 0.831. The van der Waals surface area contributed by atoms with Crippen LogP contribution in [-0.2, 0) is 0 Å². The standard InChI is InChI=1S/C17H27ClN2O/c1-4-17(5-2,20-10-6-7-11-20)16(19)14-12-13(18)8-9-15(14)21-3/h8-9,12,16H,4-7,10-11,19H2,1-3H3. The molecule has 1 aromatic rings. The second kappa shape index (κ2) is 6.99. The van der Waals surface area contributed by atoms with Crippen LogP contribution in [0.15, 0.2) is 18.2 Å². The molecule has 0 aromatic heterocycles. The minimum absolute atomic E-state index is 0.0194. The van der Waals surface area contributed by atoms with E-state index in [2.05, 4.69) is 18.7 Å². The van der Waals surface area contributed by atoms with Gasteiger partial charge in [0.1, 0.15) is 5.75 Å². The number of methoxy groups -OCH3 is 1. The molecule has 0 aliphatic carbocycles. The summed E-state index contributed by atoms with van der Waals surface area (Å²) in [5.41, 5.74) is 7.74. The normalized spacial score (nSPS) is 18.0. The van der Waals surface area contributed by atoms with Crippen LogP contribution in [0.25, 0.3) is 0 Å². The van der Waals surface area contributed by atoms with Gasteiger partial charge in [-0.15, -0.1) is 0 Å². The molecule has 1 aliphatic rings. The Morgan fingerprint density at radius 1 is 1.29 bits per heavy atom. The van der Waals surface area contributed by atoms with E-state index in [1.807, 2.05) is 18.2 Å². The van der Waals surface area contributed by atoms with Crippen LogP contribution in [-0.4, -0.2) is 30.6 Å². The van der Waals surface area contributed by atoms with Crippen molar-refractivity contribution in [1.29, 1.82) is 0 Å². The predicted molar refractivity (Wildman–Crippen MR) is 89.1 cm³/mol. The van der Waals surface area contributed by atoms with E-state index >= 15 is 0 Å². The molecule has 3 nitrogen and oxygen atoms in total. The van der Waals surface area contributed by atoms with Crippen molar-refractivity contribution in [3.63, 3.8) is 0 Å². The smallest absolute Gasteiger partial charge is 0.123 e. The van der Waals surface area contributed by atoms with Gasteiger partial charge in [-0.2, -0.15) is 0 Å². The molecule has 1 unspecified atom stereocenters. The Kier molecular flexibility index (Phi) is 5.53. The molecule has 2 rings (SSSR count). The Bertz CT molecular complexity index is 468. The minimum Gasteiger partial charge on any atom is -0.496 e. The zero-order valence-electron chi connectivity index (χ0n) is 13.4. The van der Waals surface area contributed by atoms with Crippen LogP contribution in [0.2, 0.25) is 5.02 Å². The van der Waals surface area contributed by atoms with Gasteiger partial charge in [0.05, 0.1) is 13.2 Å². The zero-order valence-corrected chi connectivity index (χ0v) is 14.1. The molecule has 2 N–H and O–H groups in total. The van der Waals surface area contributed by atoms with E-state index < -0.39 is 0 Å². The maximum Gasteiger partial charge on any atom is 0.123 e. The summed E-state index contributed by atoms with van der Waals surface area (Å²) in [5, 5.41) is 0.712. The molecule has 0 bridgehead atoms. The number of hydrogen-bond donors (Lipinski definition) is 1. The van der Waals surface area contributed by atoms with Crippen molar-refractivity contribution in [3.05, 3.63) is 28.8 Å². The van der Waals surface area contributed by atoms with Crippen LogP contribution in [0, 0.1) is 0 Å². The number of nitrogens with zero attached hydrogens (tertiary/aromatic N) is 1. The maximum absolute atomic E-state index is 6.74. The molecule has 1 aliphatic heterocycles. The second-order valence-electron chi connectivity index (χ2n) is 5.87. The van der Waals surface area contributed by atoms with Crippen molar-refractivity contribution in [2.75, 3.05) is 20.2 Å². The average molecular weight is 311 g/mol. The summed E-state index contributed by atoms with van der Waals surface area (Å²) in [6.45, 7) is 6.74. The van der Waals surface area contributed by atoms with Crippen LogP contribution in [0.5, 0.6) is 5.75 Å². The minimum atomic E-state index is -0.0979. The van der Waals surface area contributed by atoms with Crippen LogP contribution in [0.1, 0.15) is 51.1 Å². The lowest BCUT2D eigenvalue weighted by molar-refractivity contribution is 0.0757. The molecule has 0 spiro atoms. The van der Waals surface area contributed by atoms with Gasteiger partial charge >= 0.3 is 0 Å². The van der Waals surface area contributed by atoms with Crippen LogP contribution in [0.3, 0.4) is 0 Å². The van der Waals surface area contributed by atoms with Crippen molar-refractivity contribution in [1.82, 2.24) is 4.90 Å². The van der Waals surface area contributed by atoms with E-state index in [1.165, 1.54) is 12.8 Å². The summed E-state index contributed by atoms with van der Waals surface area (Å²) in [4.78, 5) is 2.57. The fourth-order valence-electron chi connectivity index (χ4n) is 3.73. The van der Waals surface area contributed by atoms with Gasteiger partial charge in [0, 0.05) is 16.1 Å². The van der Waals surface area contributed by atoms with Gasteiger partial charge in [0.15, 0.2) is 0 Å². The number of likely N-dealkylation sites (tertiary alicyclic amines) is 1. The number of hydrogen-bond acceptors (Lipinski definition) is 3. The van der Waals surface area contributed by atoms with Crippen molar-refractivity contribution >= 4 is 11.6 Å². The molecule has 1 fully saturated rings. The highest BCUT2D eigenvalue weighted by molar-refractivity contribution is 6.30. The Labute approximate surface area is 133 Å². The third kappa shape index (κ3) is 3.05. The van der Waals surface area contributed by atoms with Gasteiger partial charge in [-0.1, -0.05) is 25.4 Å². The van der Waals surface area contributed by atoms with Gasteiger partial charge < -0.3 is 10.5 Å². The maximum atomic E-state index is 6.74. The van der Waals surface area contributed by atoms with Gasteiger partial charge in [0.2, 0.25) is 0 Å². The van der Waals surface area contributed by atoms with Crippen molar-refractivity contribution in [2.24, 2.45) is 5.73 Å². The molecular weight excluding hydrogens is 284 g/mol. The largest absolute Gasteiger partial charge is 0.496 e. The van der Waals surface area contributed by atoms with Gasteiger partial charge in [-0.05, 0) is 57.0 Å². The van der Waals surface area contributed by atoms with Gasteiger partial charge in [-0.3, -0.25) is 4.90 Å². The van der Waals surface area contributed by atoms with E-state index in [1.54, 1.807) is 7.11 Å². The van der Waals surface area contributed by atoms with Crippen molar-refractivity contribution in [2.45, 2.75) is 51.1 Å². The fourth-order valence-corrected chi connectivity index (χ4v) is 3.91. The first-order chi connectivity index (χ1) is 10.1. The third-order valence-corrected chi connectivity index (χ3v) is 5.30. The molecule has 1 atom stereocenters. The molecule has 1 aromatic carbocycles. The van der Waals surface area contributed by atoms with Crippen LogP contribution in [0.4, 0.5) is 0 Å². The lowest BCUT2D eigenvalue weighted by Crippen LogP contribution is -2.53. The Hall–Kier alpha value is -0.770. The third-order valence-electron chi connectivity index (χ3n) is 5.07. The number of nitrogens with two attached hydrogens (primary N) is 1. The van der Waals surface area contributed by atoms with Crippen molar-refractivity contribution in [3.8, 4) is 5.75 Å². The topological polar surface area (TPSA) is 38.5 Å². The second-order valence-corrected chi connectivity index (χ2v) is 6.31. The zero-order chi connectivity index (χ0) is 15.5. The highest BCUT2D eigenvalue weighted by Gasteiger charge is 2.42. The van der Waals surface area contributed by atoms with Gasteiger partial charge in [0.25, 0.3) is 0 Å². The van der Waals surface area contributed by atoms with Crippen molar-refractivity contribution < 1.29 is 4.74 Å². The Morgan fingerprint density at radius 2 is 1.90 bits per heavy atom.